The predicted octanol–water partition coefficient (Wildman–Crippen LogP) is 2.51. The number of piperidine rings is 1. The number of hydrogen-bond acceptors (Lipinski definition) is 3. The molecule has 0 bridgehead atoms. The lowest BCUT2D eigenvalue weighted by molar-refractivity contribution is -0.275. The summed E-state index contributed by atoms with van der Waals surface area (Å²) >= 11 is 0. The van der Waals surface area contributed by atoms with E-state index in [4.69, 9.17) is 0 Å². The molecule has 0 aliphatic carbocycles. The zero-order valence-corrected chi connectivity index (χ0v) is 11.5. The van der Waals surface area contributed by atoms with Crippen molar-refractivity contribution in [2.24, 2.45) is 0 Å². The van der Waals surface area contributed by atoms with Gasteiger partial charge in [-0.1, -0.05) is 18.2 Å². The average molecular weight is 302 g/mol. The van der Waals surface area contributed by atoms with Crippen molar-refractivity contribution in [3.8, 4) is 5.75 Å². The molecule has 2 atom stereocenters. The number of ether oxygens (including phenoxy) is 1. The van der Waals surface area contributed by atoms with Crippen LogP contribution in [0.2, 0.25) is 0 Å². The summed E-state index contributed by atoms with van der Waals surface area (Å²) < 4.78 is 41.2. The first-order valence-corrected chi connectivity index (χ1v) is 6.75. The first-order chi connectivity index (χ1) is 9.87. The largest absolute Gasteiger partial charge is 0.573 e. The van der Waals surface area contributed by atoms with Crippen LogP contribution in [0.5, 0.6) is 5.75 Å². The maximum atomic E-state index is 12.4. The van der Waals surface area contributed by atoms with Gasteiger partial charge < -0.3 is 10.1 Å². The molecule has 116 valence electrons. The van der Waals surface area contributed by atoms with Crippen LogP contribution in [-0.4, -0.2) is 24.9 Å². The summed E-state index contributed by atoms with van der Waals surface area (Å²) in [5.41, 5.74) is 0.369. The van der Waals surface area contributed by atoms with Crippen LogP contribution in [0.3, 0.4) is 0 Å². The molecule has 1 heterocycles. The molecule has 1 amide bonds. The zero-order chi connectivity index (χ0) is 15.5. The molecule has 0 saturated carbocycles. The third-order valence-corrected chi connectivity index (χ3v) is 3.35. The molecule has 1 fully saturated rings. The van der Waals surface area contributed by atoms with Gasteiger partial charge in [0.15, 0.2) is 0 Å². The normalized spacial score (nSPS) is 20.8. The summed E-state index contributed by atoms with van der Waals surface area (Å²) in [5.74, 6) is -0.372. The van der Waals surface area contributed by atoms with Crippen molar-refractivity contribution in [3.63, 3.8) is 0 Å². The molecule has 0 spiro atoms. The molecule has 0 aromatic heterocycles. The molecule has 4 nitrogen and oxygen atoms in total. The highest BCUT2D eigenvalue weighted by atomic mass is 19.4. The Bertz CT molecular complexity index is 505. The van der Waals surface area contributed by atoms with Gasteiger partial charge in [0.1, 0.15) is 5.75 Å². The minimum atomic E-state index is -4.74. The monoisotopic (exact) mass is 302 g/mol. The lowest BCUT2D eigenvalue weighted by atomic mass is 10.0. The third kappa shape index (κ3) is 4.35. The fourth-order valence-corrected chi connectivity index (χ4v) is 2.38. The first kappa shape index (κ1) is 15.6. The van der Waals surface area contributed by atoms with Crippen LogP contribution in [0.15, 0.2) is 24.3 Å². The molecule has 0 radical (unpaired) electrons. The molecule has 1 aromatic rings. The number of amides is 1. The number of halogens is 3. The van der Waals surface area contributed by atoms with Gasteiger partial charge in [-0.15, -0.1) is 13.2 Å². The quantitative estimate of drug-likeness (QED) is 0.898. The Morgan fingerprint density at radius 1 is 1.38 bits per heavy atom. The fraction of sp³-hybridized carbons (Fsp3) is 0.500. The number of hydrogen-bond donors (Lipinski definition) is 2. The van der Waals surface area contributed by atoms with E-state index in [9.17, 15) is 18.0 Å². The van der Waals surface area contributed by atoms with E-state index in [1.165, 1.54) is 12.1 Å². The maximum Gasteiger partial charge on any atom is 0.573 e. The third-order valence-electron chi connectivity index (χ3n) is 3.35. The summed E-state index contributed by atoms with van der Waals surface area (Å²) in [7, 11) is 0. The Balaban J connectivity index is 2.11. The van der Waals surface area contributed by atoms with Crippen LogP contribution >= 0.6 is 0 Å². The number of carbonyl (C=O) groups excluding carboxylic acids is 1. The molecular weight excluding hydrogens is 285 g/mol. The van der Waals surface area contributed by atoms with Gasteiger partial charge in [-0.05, 0) is 25.8 Å². The van der Waals surface area contributed by atoms with E-state index in [1.54, 1.807) is 19.1 Å². The summed E-state index contributed by atoms with van der Waals surface area (Å²) in [4.78, 5) is 11.7. The minimum Gasteiger partial charge on any atom is -0.405 e. The van der Waals surface area contributed by atoms with E-state index >= 15 is 0 Å². The number of benzene rings is 1. The topological polar surface area (TPSA) is 50.4 Å². The smallest absolute Gasteiger partial charge is 0.405 e. The number of alkyl halides is 3. The average Bonchev–Trinajstić information content (AvgIpc) is 2.40. The molecule has 21 heavy (non-hydrogen) atoms. The second-order valence-corrected chi connectivity index (χ2v) is 4.96. The summed E-state index contributed by atoms with van der Waals surface area (Å²) in [5, 5.41) is 5.78. The summed E-state index contributed by atoms with van der Waals surface area (Å²) in [6, 6.07) is 5.11. The van der Waals surface area contributed by atoms with Gasteiger partial charge in [-0.3, -0.25) is 10.1 Å². The van der Waals surface area contributed by atoms with E-state index in [2.05, 4.69) is 15.4 Å². The van der Waals surface area contributed by atoms with Crippen molar-refractivity contribution < 1.29 is 22.7 Å². The number of carbonyl (C=O) groups is 1. The standard InChI is InChI=1S/C14H17F3N2O2/c1-9(19-11-6-4-8-18-13(11)20)10-5-2-3-7-12(10)21-14(15,16)17/h2-3,5,7,9,11,19H,4,6,8H2,1H3,(H,18,20)/t9-,11-/m1/s1. The Morgan fingerprint density at radius 3 is 2.76 bits per heavy atom. The van der Waals surface area contributed by atoms with E-state index in [1.807, 2.05) is 0 Å². The van der Waals surface area contributed by atoms with Gasteiger partial charge in [0.05, 0.1) is 6.04 Å². The van der Waals surface area contributed by atoms with Crippen molar-refractivity contribution in [1.82, 2.24) is 10.6 Å². The van der Waals surface area contributed by atoms with Crippen LogP contribution in [0.25, 0.3) is 0 Å². The van der Waals surface area contributed by atoms with Crippen molar-refractivity contribution >= 4 is 5.91 Å². The van der Waals surface area contributed by atoms with Crippen LogP contribution in [0.4, 0.5) is 13.2 Å². The molecule has 2 N–H and O–H groups in total. The van der Waals surface area contributed by atoms with Gasteiger partial charge in [0.2, 0.25) is 5.91 Å². The molecule has 1 aliphatic heterocycles. The maximum absolute atomic E-state index is 12.4. The van der Waals surface area contributed by atoms with Gasteiger partial charge in [-0.2, -0.15) is 0 Å². The van der Waals surface area contributed by atoms with Crippen LogP contribution in [-0.2, 0) is 4.79 Å². The zero-order valence-electron chi connectivity index (χ0n) is 11.5. The number of rotatable bonds is 4. The Kier molecular flexibility index (Phi) is 4.72. The molecule has 1 aromatic carbocycles. The van der Waals surface area contributed by atoms with Crippen LogP contribution in [0.1, 0.15) is 31.4 Å². The van der Waals surface area contributed by atoms with Crippen LogP contribution in [0, 0.1) is 0 Å². The molecule has 1 saturated heterocycles. The van der Waals surface area contributed by atoms with E-state index < -0.39 is 18.4 Å². The molecule has 1 aliphatic rings. The molecule has 2 rings (SSSR count). The highest BCUT2D eigenvalue weighted by molar-refractivity contribution is 5.82. The minimum absolute atomic E-state index is 0.123. The summed E-state index contributed by atoms with van der Waals surface area (Å²) in [6.07, 6.45) is -3.23. The Hall–Kier alpha value is -1.76. The molecular formula is C14H17F3N2O2. The fourth-order valence-electron chi connectivity index (χ4n) is 2.38. The van der Waals surface area contributed by atoms with Gasteiger partial charge >= 0.3 is 6.36 Å². The van der Waals surface area contributed by atoms with E-state index in [-0.39, 0.29) is 11.7 Å². The lowest BCUT2D eigenvalue weighted by Gasteiger charge is -2.27. The lowest BCUT2D eigenvalue weighted by Crippen LogP contribution is -2.48. The first-order valence-electron chi connectivity index (χ1n) is 6.75. The SMILES string of the molecule is C[C@@H](N[C@@H]1CCCNC1=O)c1ccccc1OC(F)(F)F. The van der Waals surface area contributed by atoms with Gasteiger partial charge in [-0.25, -0.2) is 0 Å². The van der Waals surface area contributed by atoms with E-state index in [0.717, 1.165) is 6.42 Å². The predicted molar refractivity (Wildman–Crippen MR) is 70.7 cm³/mol. The van der Waals surface area contributed by atoms with Crippen molar-refractivity contribution in [3.05, 3.63) is 29.8 Å². The summed E-state index contributed by atoms with van der Waals surface area (Å²) in [6.45, 7) is 2.35. The Labute approximate surface area is 120 Å². The van der Waals surface area contributed by atoms with Crippen LogP contribution < -0.4 is 15.4 Å². The van der Waals surface area contributed by atoms with E-state index in [0.29, 0.717) is 18.5 Å². The van der Waals surface area contributed by atoms with Crippen molar-refractivity contribution in [1.29, 1.82) is 0 Å². The van der Waals surface area contributed by atoms with Gasteiger partial charge in [0, 0.05) is 18.2 Å². The van der Waals surface area contributed by atoms with Crippen molar-refractivity contribution in [2.75, 3.05) is 6.54 Å². The molecule has 7 heteroatoms. The number of para-hydroxylation sites is 1. The van der Waals surface area contributed by atoms with Crippen molar-refractivity contribution in [2.45, 2.75) is 38.2 Å². The Morgan fingerprint density at radius 2 is 2.10 bits per heavy atom. The molecule has 0 unspecified atom stereocenters. The second-order valence-electron chi connectivity index (χ2n) is 4.96. The highest BCUT2D eigenvalue weighted by Crippen LogP contribution is 2.30. The number of nitrogens with one attached hydrogen (secondary N) is 2. The second kappa shape index (κ2) is 6.34. The van der Waals surface area contributed by atoms with Gasteiger partial charge in [0.25, 0.3) is 0 Å². The highest BCUT2D eigenvalue weighted by Gasteiger charge is 2.33.